The fourth-order valence-electron chi connectivity index (χ4n) is 2.99. The van der Waals surface area contributed by atoms with E-state index < -0.39 is 0 Å². The molecule has 1 aliphatic carbocycles. The second-order valence-corrected chi connectivity index (χ2v) is 7.38. The van der Waals surface area contributed by atoms with Crippen molar-refractivity contribution in [1.29, 1.82) is 0 Å². The van der Waals surface area contributed by atoms with E-state index in [0.717, 1.165) is 38.6 Å². The largest absolute Gasteiger partial charge is 0.340 e. The van der Waals surface area contributed by atoms with E-state index in [9.17, 15) is 4.79 Å². The lowest BCUT2D eigenvalue weighted by Gasteiger charge is -2.35. The highest BCUT2D eigenvalue weighted by Crippen LogP contribution is 2.27. The highest BCUT2D eigenvalue weighted by atomic mass is 16.2. The third kappa shape index (κ3) is 4.77. The summed E-state index contributed by atoms with van der Waals surface area (Å²) >= 11 is 0. The number of piperazine rings is 1. The van der Waals surface area contributed by atoms with E-state index in [1.54, 1.807) is 0 Å². The van der Waals surface area contributed by atoms with Gasteiger partial charge < -0.3 is 10.6 Å². The molecule has 4 nitrogen and oxygen atoms in total. The van der Waals surface area contributed by atoms with Crippen LogP contribution in [0.5, 0.6) is 0 Å². The van der Waals surface area contributed by atoms with E-state index in [-0.39, 0.29) is 17.4 Å². The van der Waals surface area contributed by atoms with Crippen LogP contribution >= 0.6 is 0 Å². The van der Waals surface area contributed by atoms with Crippen LogP contribution in [0.15, 0.2) is 0 Å². The molecule has 2 aliphatic rings. The molecule has 1 atom stereocenters. The smallest absolute Gasteiger partial charge is 0.224 e. The number of nitrogens with zero attached hydrogens (tertiary/aromatic N) is 2. The zero-order valence-corrected chi connectivity index (χ0v) is 12.7. The number of carbonyl (C=O) groups is 1. The number of carbonyl (C=O) groups excluding carboxylic acids is 1. The van der Waals surface area contributed by atoms with Gasteiger partial charge in [0.1, 0.15) is 0 Å². The minimum Gasteiger partial charge on any atom is -0.340 e. The van der Waals surface area contributed by atoms with E-state index in [1.807, 2.05) is 4.90 Å². The first-order chi connectivity index (χ1) is 8.85. The highest BCUT2D eigenvalue weighted by molar-refractivity contribution is 5.76. The van der Waals surface area contributed by atoms with Gasteiger partial charge in [-0.05, 0) is 24.7 Å². The molecule has 2 fully saturated rings. The molecule has 110 valence electrons. The summed E-state index contributed by atoms with van der Waals surface area (Å²) in [4.78, 5) is 16.7. The summed E-state index contributed by atoms with van der Waals surface area (Å²) in [5.41, 5.74) is 6.29. The minimum atomic E-state index is -0.00559. The molecule has 1 amide bonds. The summed E-state index contributed by atoms with van der Waals surface area (Å²) in [6.45, 7) is 10.4. The van der Waals surface area contributed by atoms with Crippen LogP contribution in [-0.2, 0) is 4.79 Å². The molecule has 1 aliphatic heterocycles. The van der Waals surface area contributed by atoms with Gasteiger partial charge in [0, 0.05) is 44.7 Å². The Morgan fingerprint density at radius 2 is 1.79 bits per heavy atom. The van der Waals surface area contributed by atoms with Crippen molar-refractivity contribution in [2.75, 3.05) is 26.2 Å². The average molecular weight is 267 g/mol. The van der Waals surface area contributed by atoms with Crippen molar-refractivity contribution in [3.05, 3.63) is 0 Å². The molecule has 2 rings (SSSR count). The molecule has 1 saturated carbocycles. The van der Waals surface area contributed by atoms with Gasteiger partial charge in [-0.25, -0.2) is 0 Å². The Bertz CT molecular complexity index is 312. The third-order valence-corrected chi connectivity index (χ3v) is 4.04. The molecule has 0 aromatic rings. The Morgan fingerprint density at radius 3 is 2.26 bits per heavy atom. The molecule has 1 saturated heterocycles. The third-order valence-electron chi connectivity index (χ3n) is 4.04. The maximum atomic E-state index is 12.2. The monoisotopic (exact) mass is 267 g/mol. The first-order valence-electron chi connectivity index (χ1n) is 7.62. The second-order valence-electron chi connectivity index (χ2n) is 7.38. The van der Waals surface area contributed by atoms with Crippen molar-refractivity contribution >= 4 is 5.91 Å². The van der Waals surface area contributed by atoms with E-state index in [4.69, 9.17) is 5.73 Å². The standard InChI is InChI=1S/C15H29N3O/c1-15(2,3)11-12(16)10-14(19)18-8-6-17(7-9-18)13-4-5-13/h12-13H,4-11,16H2,1-3H3. The lowest BCUT2D eigenvalue weighted by atomic mass is 9.87. The summed E-state index contributed by atoms with van der Waals surface area (Å²) in [6.07, 6.45) is 4.11. The zero-order chi connectivity index (χ0) is 14.0. The van der Waals surface area contributed by atoms with Gasteiger partial charge in [0.05, 0.1) is 0 Å². The molecule has 0 aromatic heterocycles. The molecule has 0 aromatic carbocycles. The molecule has 0 spiro atoms. The van der Waals surface area contributed by atoms with Gasteiger partial charge in [0.25, 0.3) is 0 Å². The predicted molar refractivity (Wildman–Crippen MR) is 77.8 cm³/mol. The summed E-state index contributed by atoms with van der Waals surface area (Å²) in [5, 5.41) is 0. The van der Waals surface area contributed by atoms with Gasteiger partial charge in [-0.15, -0.1) is 0 Å². The van der Waals surface area contributed by atoms with Crippen molar-refractivity contribution in [1.82, 2.24) is 9.80 Å². The van der Waals surface area contributed by atoms with E-state index in [0.29, 0.717) is 6.42 Å². The summed E-state index contributed by atoms with van der Waals surface area (Å²) < 4.78 is 0. The van der Waals surface area contributed by atoms with Gasteiger partial charge in [-0.2, -0.15) is 0 Å². The van der Waals surface area contributed by atoms with Gasteiger partial charge >= 0.3 is 0 Å². The van der Waals surface area contributed by atoms with E-state index in [1.165, 1.54) is 12.8 Å². The van der Waals surface area contributed by atoms with Gasteiger partial charge in [0.15, 0.2) is 0 Å². The van der Waals surface area contributed by atoms with Crippen LogP contribution in [0.4, 0.5) is 0 Å². The molecule has 19 heavy (non-hydrogen) atoms. The van der Waals surface area contributed by atoms with Crippen molar-refractivity contribution in [3.63, 3.8) is 0 Å². The Hall–Kier alpha value is -0.610. The normalized spacial score (nSPS) is 23.5. The van der Waals surface area contributed by atoms with Crippen LogP contribution < -0.4 is 5.73 Å². The molecular weight excluding hydrogens is 238 g/mol. The number of rotatable bonds is 4. The lowest BCUT2D eigenvalue weighted by molar-refractivity contribution is -0.133. The molecule has 1 unspecified atom stereocenters. The van der Waals surface area contributed by atoms with E-state index >= 15 is 0 Å². The summed E-state index contributed by atoms with van der Waals surface area (Å²) in [7, 11) is 0. The van der Waals surface area contributed by atoms with Gasteiger partial charge in [-0.1, -0.05) is 20.8 Å². The average Bonchev–Trinajstić information content (AvgIpc) is 3.10. The van der Waals surface area contributed by atoms with Crippen LogP contribution in [0.3, 0.4) is 0 Å². The highest BCUT2D eigenvalue weighted by Gasteiger charge is 2.32. The van der Waals surface area contributed by atoms with Crippen molar-refractivity contribution in [2.45, 2.75) is 58.5 Å². The van der Waals surface area contributed by atoms with Crippen molar-refractivity contribution in [2.24, 2.45) is 11.1 Å². The molecular formula is C15H29N3O. The lowest BCUT2D eigenvalue weighted by Crippen LogP contribution is -2.50. The van der Waals surface area contributed by atoms with Crippen LogP contribution in [0.1, 0.15) is 46.5 Å². The number of nitrogens with two attached hydrogens (primary N) is 1. The number of amides is 1. The summed E-state index contributed by atoms with van der Waals surface area (Å²) in [6, 6.07) is 0.814. The molecule has 1 heterocycles. The first kappa shape index (κ1) is 14.8. The fraction of sp³-hybridized carbons (Fsp3) is 0.933. The topological polar surface area (TPSA) is 49.6 Å². The Kier molecular flexibility index (Phi) is 4.51. The zero-order valence-electron chi connectivity index (χ0n) is 12.7. The van der Waals surface area contributed by atoms with Crippen molar-refractivity contribution < 1.29 is 4.79 Å². The molecule has 2 N–H and O–H groups in total. The fourth-order valence-corrected chi connectivity index (χ4v) is 2.99. The van der Waals surface area contributed by atoms with Crippen molar-refractivity contribution in [3.8, 4) is 0 Å². The maximum Gasteiger partial charge on any atom is 0.224 e. The van der Waals surface area contributed by atoms with Crippen LogP contribution in [0, 0.1) is 5.41 Å². The van der Waals surface area contributed by atoms with Gasteiger partial charge in [-0.3, -0.25) is 9.69 Å². The predicted octanol–water partition coefficient (Wildman–Crippen LogP) is 1.45. The SMILES string of the molecule is CC(C)(C)CC(N)CC(=O)N1CCN(C2CC2)CC1. The molecule has 0 radical (unpaired) electrons. The molecule has 4 heteroatoms. The first-order valence-corrected chi connectivity index (χ1v) is 7.62. The molecule has 0 bridgehead atoms. The number of hydrogen-bond acceptors (Lipinski definition) is 3. The Labute approximate surface area is 117 Å². The van der Waals surface area contributed by atoms with Gasteiger partial charge in [0.2, 0.25) is 5.91 Å². The quantitative estimate of drug-likeness (QED) is 0.838. The Morgan fingerprint density at radius 1 is 1.21 bits per heavy atom. The number of hydrogen-bond donors (Lipinski definition) is 1. The van der Waals surface area contributed by atoms with Crippen LogP contribution in [0.2, 0.25) is 0 Å². The Balaban J connectivity index is 1.71. The minimum absolute atomic E-state index is 0.00559. The van der Waals surface area contributed by atoms with Crippen LogP contribution in [-0.4, -0.2) is 54.0 Å². The second kappa shape index (κ2) is 5.80. The maximum absolute atomic E-state index is 12.2. The summed E-state index contributed by atoms with van der Waals surface area (Å²) in [5.74, 6) is 0.243. The van der Waals surface area contributed by atoms with Crippen LogP contribution in [0.25, 0.3) is 0 Å². The van der Waals surface area contributed by atoms with E-state index in [2.05, 4.69) is 25.7 Å².